The zero-order chi connectivity index (χ0) is 22.1. The Hall–Kier alpha value is -2.08. The second-order valence-electron chi connectivity index (χ2n) is 6.71. The van der Waals surface area contributed by atoms with E-state index in [1.807, 2.05) is 0 Å². The number of aromatic nitrogens is 3. The van der Waals surface area contributed by atoms with Gasteiger partial charge in [0.05, 0.1) is 23.1 Å². The van der Waals surface area contributed by atoms with Gasteiger partial charge < -0.3 is 9.47 Å². The monoisotopic (exact) mass is 487 g/mol. The zero-order valence-corrected chi connectivity index (χ0v) is 18.1. The number of ether oxygens (including phenoxy) is 2. The molecule has 0 spiro atoms. The van der Waals surface area contributed by atoms with E-state index in [0.717, 1.165) is 24.3 Å². The second kappa shape index (κ2) is 8.81. The molecule has 2 unspecified atom stereocenters. The van der Waals surface area contributed by atoms with Crippen molar-refractivity contribution in [3.8, 4) is 0 Å². The smallest absolute Gasteiger partial charge is 0.297 e. The first-order chi connectivity index (χ1) is 14.8. The highest BCUT2D eigenvalue weighted by Gasteiger charge is 2.46. The summed E-state index contributed by atoms with van der Waals surface area (Å²) in [5.74, 6) is -1.91. The van der Waals surface area contributed by atoms with Crippen molar-refractivity contribution in [1.82, 2.24) is 14.8 Å². The highest BCUT2D eigenvalue weighted by molar-refractivity contribution is 7.86. The number of hydrogen-bond acceptors (Lipinski definition) is 7. The van der Waals surface area contributed by atoms with Gasteiger partial charge in [0.15, 0.2) is 0 Å². The van der Waals surface area contributed by atoms with Crippen LogP contribution in [0.15, 0.2) is 60.0 Å². The quantitative estimate of drug-likeness (QED) is 0.471. The fourth-order valence-corrected chi connectivity index (χ4v) is 4.61. The maximum Gasteiger partial charge on any atom is 0.297 e. The summed E-state index contributed by atoms with van der Waals surface area (Å²) in [6.07, 6.45) is 2.12. The van der Waals surface area contributed by atoms with E-state index in [1.54, 1.807) is 18.2 Å². The van der Waals surface area contributed by atoms with Gasteiger partial charge in [-0.15, -0.1) is 0 Å². The maximum atomic E-state index is 13.1. The minimum atomic E-state index is -4.10. The van der Waals surface area contributed by atoms with Gasteiger partial charge in [0.25, 0.3) is 10.1 Å². The van der Waals surface area contributed by atoms with Crippen molar-refractivity contribution in [2.45, 2.75) is 23.3 Å². The first-order valence-electron chi connectivity index (χ1n) is 9.02. The maximum absolute atomic E-state index is 13.1. The summed E-state index contributed by atoms with van der Waals surface area (Å²) in [5.41, 5.74) is 0.498. The lowest BCUT2D eigenvalue weighted by Crippen LogP contribution is -2.35. The summed E-state index contributed by atoms with van der Waals surface area (Å²) in [6.45, 7) is -0.174. The summed E-state index contributed by atoms with van der Waals surface area (Å²) in [6, 6.07) is 9.19. The molecule has 12 heteroatoms. The third-order valence-corrected chi connectivity index (χ3v) is 6.39. The Morgan fingerprint density at radius 1 is 1.23 bits per heavy atom. The van der Waals surface area contributed by atoms with Gasteiger partial charge in [-0.05, 0) is 36.4 Å². The third kappa shape index (κ3) is 4.89. The van der Waals surface area contributed by atoms with Crippen LogP contribution in [0.4, 0.5) is 4.39 Å². The normalized spacial score (nSPS) is 21.5. The van der Waals surface area contributed by atoms with Crippen LogP contribution < -0.4 is 0 Å². The molecule has 164 valence electrons. The van der Waals surface area contributed by atoms with Gasteiger partial charge in [-0.1, -0.05) is 29.3 Å². The summed E-state index contributed by atoms with van der Waals surface area (Å²) < 4.78 is 56.5. The van der Waals surface area contributed by atoms with Crippen molar-refractivity contribution in [2.24, 2.45) is 0 Å². The van der Waals surface area contributed by atoms with E-state index in [9.17, 15) is 12.8 Å². The van der Waals surface area contributed by atoms with Gasteiger partial charge in [0, 0.05) is 10.6 Å². The van der Waals surface area contributed by atoms with E-state index < -0.39 is 27.8 Å². The molecule has 2 atom stereocenters. The van der Waals surface area contributed by atoms with Gasteiger partial charge in [-0.3, -0.25) is 4.18 Å². The lowest BCUT2D eigenvalue weighted by molar-refractivity contribution is -0.190. The third-order valence-electron chi connectivity index (χ3n) is 4.55. The molecule has 0 N–H and O–H groups in total. The van der Waals surface area contributed by atoms with Crippen LogP contribution in [0.2, 0.25) is 10.0 Å². The van der Waals surface area contributed by atoms with Crippen molar-refractivity contribution in [3.63, 3.8) is 0 Å². The topological polar surface area (TPSA) is 92.5 Å². The highest BCUT2D eigenvalue weighted by atomic mass is 35.5. The van der Waals surface area contributed by atoms with Gasteiger partial charge in [0.2, 0.25) is 5.79 Å². The SMILES string of the molecule is O=S(=O)(OCC1COC(Cn2cncn2)(c2ccc(Cl)cc2Cl)O1)c1ccc(F)cc1. The molecule has 1 aromatic heterocycles. The molecule has 0 bridgehead atoms. The lowest BCUT2D eigenvalue weighted by atomic mass is 10.1. The Morgan fingerprint density at radius 2 is 2.00 bits per heavy atom. The molecule has 2 heterocycles. The standard InChI is InChI=1S/C19H16Cl2FN3O5S/c20-13-1-6-17(18(21)7-13)19(10-25-12-23-11-24-25)28-8-15(30-19)9-29-31(26,27)16-4-2-14(22)3-5-16/h1-7,11-12,15H,8-10H2. The molecule has 1 fully saturated rings. The van der Waals surface area contributed by atoms with Crippen LogP contribution in [0, 0.1) is 5.82 Å². The minimum Gasteiger partial charge on any atom is -0.342 e. The number of halogens is 3. The Bertz CT molecular complexity index is 1160. The van der Waals surface area contributed by atoms with Crippen LogP contribution in [-0.2, 0) is 36.1 Å². The molecule has 1 aliphatic heterocycles. The van der Waals surface area contributed by atoms with Gasteiger partial charge in [-0.2, -0.15) is 13.5 Å². The molecule has 1 saturated heterocycles. The molecule has 4 rings (SSSR count). The number of rotatable bonds is 7. The van der Waals surface area contributed by atoms with E-state index >= 15 is 0 Å². The average Bonchev–Trinajstić information content (AvgIpc) is 3.38. The molecule has 3 aromatic rings. The predicted molar refractivity (Wildman–Crippen MR) is 109 cm³/mol. The summed E-state index contributed by atoms with van der Waals surface area (Å²) in [5, 5.41) is 4.82. The van der Waals surface area contributed by atoms with Crippen LogP contribution in [0.25, 0.3) is 0 Å². The number of benzene rings is 2. The van der Waals surface area contributed by atoms with Crippen molar-refractivity contribution < 1.29 is 26.5 Å². The average molecular weight is 488 g/mol. The van der Waals surface area contributed by atoms with E-state index in [2.05, 4.69) is 10.1 Å². The molecule has 0 aliphatic carbocycles. The summed E-state index contributed by atoms with van der Waals surface area (Å²) >= 11 is 12.4. The van der Waals surface area contributed by atoms with E-state index in [-0.39, 0.29) is 24.7 Å². The van der Waals surface area contributed by atoms with Crippen LogP contribution >= 0.6 is 23.2 Å². The van der Waals surface area contributed by atoms with Crippen LogP contribution in [0.5, 0.6) is 0 Å². The summed E-state index contributed by atoms with van der Waals surface area (Å²) in [4.78, 5) is 3.74. The lowest BCUT2D eigenvalue weighted by Gasteiger charge is -2.29. The minimum absolute atomic E-state index is 0.0343. The first kappa shape index (κ1) is 22.1. The summed E-state index contributed by atoms with van der Waals surface area (Å²) in [7, 11) is -4.10. The number of nitrogens with zero attached hydrogens (tertiary/aromatic N) is 3. The molecule has 8 nitrogen and oxygen atoms in total. The molecule has 31 heavy (non-hydrogen) atoms. The molecule has 0 amide bonds. The van der Waals surface area contributed by atoms with E-state index in [1.165, 1.54) is 17.3 Å². The zero-order valence-electron chi connectivity index (χ0n) is 15.8. The molecule has 0 radical (unpaired) electrons. The van der Waals surface area contributed by atoms with Crippen molar-refractivity contribution in [1.29, 1.82) is 0 Å². The second-order valence-corrected chi connectivity index (χ2v) is 9.17. The van der Waals surface area contributed by atoms with Gasteiger partial charge >= 0.3 is 0 Å². The Kier molecular flexibility index (Phi) is 6.29. The molecule has 1 aliphatic rings. The van der Waals surface area contributed by atoms with Crippen molar-refractivity contribution >= 4 is 33.3 Å². The van der Waals surface area contributed by atoms with Crippen LogP contribution in [-0.4, -0.2) is 42.5 Å². The molecule has 0 saturated carbocycles. The Balaban J connectivity index is 1.53. The van der Waals surface area contributed by atoms with Crippen LogP contribution in [0.1, 0.15) is 5.56 Å². The van der Waals surface area contributed by atoms with Gasteiger partial charge in [0.1, 0.15) is 31.1 Å². The van der Waals surface area contributed by atoms with Crippen molar-refractivity contribution in [3.05, 3.63) is 76.5 Å². The van der Waals surface area contributed by atoms with Crippen molar-refractivity contribution in [2.75, 3.05) is 13.2 Å². The van der Waals surface area contributed by atoms with Crippen LogP contribution in [0.3, 0.4) is 0 Å². The Labute approximate surface area is 187 Å². The molecular weight excluding hydrogens is 472 g/mol. The molecular formula is C19H16Cl2FN3O5S. The predicted octanol–water partition coefficient (Wildman–Crippen LogP) is 3.40. The fraction of sp³-hybridized carbons (Fsp3) is 0.263. The number of hydrogen-bond donors (Lipinski definition) is 0. The first-order valence-corrected chi connectivity index (χ1v) is 11.2. The Morgan fingerprint density at radius 3 is 2.68 bits per heavy atom. The fourth-order valence-electron chi connectivity index (χ4n) is 3.12. The highest BCUT2D eigenvalue weighted by Crippen LogP contribution is 2.40. The van der Waals surface area contributed by atoms with E-state index in [0.29, 0.717) is 15.6 Å². The largest absolute Gasteiger partial charge is 0.342 e. The van der Waals surface area contributed by atoms with E-state index in [4.69, 9.17) is 36.9 Å². The molecule has 2 aromatic carbocycles. The van der Waals surface area contributed by atoms with Gasteiger partial charge in [-0.25, -0.2) is 14.1 Å².